The highest BCUT2D eigenvalue weighted by Crippen LogP contribution is 2.28. The van der Waals surface area contributed by atoms with Crippen LogP contribution in [0, 0.1) is 0 Å². The number of pyridine rings is 1. The molecule has 0 unspecified atom stereocenters. The van der Waals surface area contributed by atoms with Gasteiger partial charge in [-0.1, -0.05) is 6.07 Å². The quantitative estimate of drug-likeness (QED) is 0.551. The number of nitrogens with one attached hydrogen (secondary N) is 2. The summed E-state index contributed by atoms with van der Waals surface area (Å²) in [5.74, 6) is 0.561. The highest BCUT2D eigenvalue weighted by atomic mass is 32.2. The Balaban J connectivity index is 1.87. The van der Waals surface area contributed by atoms with Gasteiger partial charge in [0.2, 0.25) is 0 Å². The topological polar surface area (TPSA) is 86.7 Å². The number of guanidine groups is 1. The molecule has 0 atom stereocenters. The van der Waals surface area contributed by atoms with E-state index in [2.05, 4.69) is 20.6 Å². The van der Waals surface area contributed by atoms with Crippen LogP contribution in [0.5, 0.6) is 0 Å². The molecule has 1 aliphatic rings. The summed E-state index contributed by atoms with van der Waals surface area (Å²) in [6.45, 7) is 2.71. The van der Waals surface area contributed by atoms with Crippen LogP contribution in [0.15, 0.2) is 29.4 Å². The Bertz CT molecular complexity index is 717. The molecule has 1 aromatic heterocycles. The minimum absolute atomic E-state index is 0.141. The molecule has 1 aromatic rings. The van der Waals surface area contributed by atoms with Crippen molar-refractivity contribution in [1.29, 1.82) is 0 Å². The number of alkyl halides is 3. The lowest BCUT2D eigenvalue weighted by Gasteiger charge is -2.32. The third-order valence-corrected chi connectivity index (χ3v) is 5.77. The molecule has 0 aliphatic carbocycles. The number of rotatable bonds is 6. The molecule has 2 N–H and O–H groups in total. The molecule has 0 radical (unpaired) electrons. The molecule has 7 nitrogen and oxygen atoms in total. The second-order valence-corrected chi connectivity index (χ2v) is 8.03. The van der Waals surface area contributed by atoms with Crippen molar-refractivity contribution in [3.05, 3.63) is 30.1 Å². The Morgan fingerprint density at radius 2 is 2.04 bits per heavy atom. The van der Waals surface area contributed by atoms with Crippen LogP contribution in [-0.4, -0.2) is 61.4 Å². The molecule has 152 valence electrons. The first-order valence-electron chi connectivity index (χ1n) is 8.75. The molecule has 11 heteroatoms. The van der Waals surface area contributed by atoms with Crippen molar-refractivity contribution < 1.29 is 21.6 Å². The molecule has 0 saturated carbocycles. The molecule has 1 saturated heterocycles. The standard InChI is InChI=1S/C16H24F3N5O2S/c1-2-20-15(22-10-6-13-5-3-4-9-21-13)23-14-7-11-24(12-8-14)27(25,26)16(17,18)19/h3-5,9,14H,2,6-8,10-12H2,1H3,(H2,20,22,23). The van der Waals surface area contributed by atoms with Crippen LogP contribution in [0.2, 0.25) is 0 Å². The maximum atomic E-state index is 12.6. The van der Waals surface area contributed by atoms with E-state index in [1.54, 1.807) is 6.20 Å². The van der Waals surface area contributed by atoms with Gasteiger partial charge in [-0.05, 0) is 31.9 Å². The molecule has 0 spiro atoms. The second kappa shape index (κ2) is 9.36. The number of aromatic nitrogens is 1. The summed E-state index contributed by atoms with van der Waals surface area (Å²) in [7, 11) is -5.25. The first kappa shape index (κ1) is 21.4. The van der Waals surface area contributed by atoms with Gasteiger partial charge in [0.15, 0.2) is 5.96 Å². The molecule has 2 heterocycles. The fraction of sp³-hybridized carbons (Fsp3) is 0.625. The van der Waals surface area contributed by atoms with Crippen LogP contribution >= 0.6 is 0 Å². The van der Waals surface area contributed by atoms with Gasteiger partial charge in [0.25, 0.3) is 0 Å². The largest absolute Gasteiger partial charge is 0.511 e. The Labute approximate surface area is 157 Å². The molecule has 27 heavy (non-hydrogen) atoms. The molecular weight excluding hydrogens is 383 g/mol. The SMILES string of the molecule is CCNC(=NCCc1ccccn1)NC1CCN(S(=O)(=O)C(F)(F)F)CC1. The highest BCUT2D eigenvalue weighted by molar-refractivity contribution is 7.90. The van der Waals surface area contributed by atoms with Crippen LogP contribution in [0.4, 0.5) is 13.2 Å². The van der Waals surface area contributed by atoms with Gasteiger partial charge in [-0.2, -0.15) is 17.5 Å². The summed E-state index contributed by atoms with van der Waals surface area (Å²) < 4.78 is 61.3. The number of sulfonamides is 1. The maximum Gasteiger partial charge on any atom is 0.511 e. The average Bonchev–Trinajstić information content (AvgIpc) is 2.62. The minimum Gasteiger partial charge on any atom is -0.357 e. The zero-order chi connectivity index (χ0) is 19.9. The van der Waals surface area contributed by atoms with Crippen LogP contribution in [-0.2, 0) is 16.4 Å². The van der Waals surface area contributed by atoms with Gasteiger partial charge >= 0.3 is 15.5 Å². The van der Waals surface area contributed by atoms with E-state index >= 15 is 0 Å². The van der Waals surface area contributed by atoms with E-state index in [9.17, 15) is 21.6 Å². The van der Waals surface area contributed by atoms with E-state index in [0.29, 0.717) is 29.8 Å². The van der Waals surface area contributed by atoms with Crippen LogP contribution in [0.25, 0.3) is 0 Å². The van der Waals surface area contributed by atoms with Crippen molar-refractivity contribution in [2.45, 2.75) is 37.7 Å². The maximum absolute atomic E-state index is 12.6. The Kier molecular flexibility index (Phi) is 7.42. The Morgan fingerprint density at radius 3 is 2.59 bits per heavy atom. The van der Waals surface area contributed by atoms with E-state index in [1.165, 1.54) is 0 Å². The summed E-state index contributed by atoms with van der Waals surface area (Å²) in [6.07, 6.45) is 2.94. The fourth-order valence-corrected chi connectivity index (χ4v) is 3.71. The van der Waals surface area contributed by atoms with Crippen molar-refractivity contribution >= 4 is 16.0 Å². The number of aliphatic imine (C=N–C) groups is 1. The van der Waals surface area contributed by atoms with Gasteiger partial charge in [0.1, 0.15) is 0 Å². The molecule has 0 aromatic carbocycles. The fourth-order valence-electron chi connectivity index (χ4n) is 2.73. The van der Waals surface area contributed by atoms with Crippen LogP contribution in [0.1, 0.15) is 25.5 Å². The molecule has 0 bridgehead atoms. The molecular formula is C16H24F3N5O2S. The third-order valence-electron chi connectivity index (χ3n) is 4.14. The number of hydrogen-bond acceptors (Lipinski definition) is 4. The summed E-state index contributed by atoms with van der Waals surface area (Å²) in [4.78, 5) is 8.68. The van der Waals surface area contributed by atoms with Gasteiger partial charge in [0.05, 0.1) is 0 Å². The molecule has 0 amide bonds. The number of piperidine rings is 1. The smallest absolute Gasteiger partial charge is 0.357 e. The summed E-state index contributed by atoms with van der Waals surface area (Å²) in [5.41, 5.74) is -4.34. The lowest BCUT2D eigenvalue weighted by Crippen LogP contribution is -2.51. The van der Waals surface area contributed by atoms with Gasteiger partial charge in [-0.15, -0.1) is 0 Å². The lowest BCUT2D eigenvalue weighted by molar-refractivity contribution is -0.0494. The van der Waals surface area contributed by atoms with E-state index in [0.717, 1.165) is 5.69 Å². The zero-order valence-electron chi connectivity index (χ0n) is 15.0. The normalized spacial score (nSPS) is 17.7. The third kappa shape index (κ3) is 6.06. The van der Waals surface area contributed by atoms with Crippen molar-refractivity contribution in [3.8, 4) is 0 Å². The first-order chi connectivity index (χ1) is 12.7. The van der Waals surface area contributed by atoms with Crippen LogP contribution in [0.3, 0.4) is 0 Å². The predicted octanol–water partition coefficient (Wildman–Crippen LogP) is 1.49. The van der Waals surface area contributed by atoms with E-state index in [4.69, 9.17) is 0 Å². The highest BCUT2D eigenvalue weighted by Gasteiger charge is 2.50. The minimum atomic E-state index is -5.25. The Morgan fingerprint density at radius 1 is 1.33 bits per heavy atom. The predicted molar refractivity (Wildman–Crippen MR) is 96.6 cm³/mol. The zero-order valence-corrected chi connectivity index (χ0v) is 15.9. The molecule has 2 rings (SSSR count). The van der Waals surface area contributed by atoms with Gasteiger partial charge in [-0.3, -0.25) is 9.98 Å². The summed E-state index contributed by atoms with van der Waals surface area (Å²) >= 11 is 0. The van der Waals surface area contributed by atoms with E-state index in [1.807, 2.05) is 25.1 Å². The van der Waals surface area contributed by atoms with Crippen molar-refractivity contribution in [2.75, 3.05) is 26.2 Å². The van der Waals surface area contributed by atoms with Gasteiger partial charge in [0, 0.05) is 50.5 Å². The Hall–Kier alpha value is -1.88. The molecule has 1 fully saturated rings. The van der Waals surface area contributed by atoms with Crippen molar-refractivity contribution in [2.24, 2.45) is 4.99 Å². The van der Waals surface area contributed by atoms with E-state index in [-0.39, 0.29) is 32.0 Å². The number of halogens is 3. The van der Waals surface area contributed by atoms with Crippen molar-refractivity contribution in [3.63, 3.8) is 0 Å². The molecule has 1 aliphatic heterocycles. The van der Waals surface area contributed by atoms with E-state index < -0.39 is 15.5 Å². The summed E-state index contributed by atoms with van der Waals surface area (Å²) in [5, 5.41) is 6.26. The lowest BCUT2D eigenvalue weighted by atomic mass is 10.1. The monoisotopic (exact) mass is 407 g/mol. The first-order valence-corrected chi connectivity index (χ1v) is 10.2. The second-order valence-electron chi connectivity index (χ2n) is 6.10. The summed E-state index contributed by atoms with van der Waals surface area (Å²) in [6, 6.07) is 5.51. The van der Waals surface area contributed by atoms with Crippen LogP contribution < -0.4 is 10.6 Å². The average molecular weight is 407 g/mol. The van der Waals surface area contributed by atoms with Crippen molar-refractivity contribution in [1.82, 2.24) is 19.9 Å². The van der Waals surface area contributed by atoms with Gasteiger partial charge in [-0.25, -0.2) is 8.42 Å². The van der Waals surface area contributed by atoms with Gasteiger partial charge < -0.3 is 10.6 Å². The number of hydrogen-bond donors (Lipinski definition) is 2. The number of nitrogens with zero attached hydrogens (tertiary/aromatic N) is 3.